The molecule has 5 heteroatoms. The van der Waals surface area contributed by atoms with Crippen LogP contribution in [0.15, 0.2) is 36.7 Å². The third kappa shape index (κ3) is 2.13. The molecule has 0 atom stereocenters. The molecule has 0 radical (unpaired) electrons. The minimum atomic E-state index is -0.714. The van der Waals surface area contributed by atoms with Crippen LogP contribution in [0.4, 0.5) is 8.78 Å². The van der Waals surface area contributed by atoms with Gasteiger partial charge in [0.2, 0.25) is 5.91 Å². The van der Waals surface area contributed by atoms with E-state index in [0.717, 1.165) is 12.1 Å². The van der Waals surface area contributed by atoms with Crippen molar-refractivity contribution in [2.75, 3.05) is 0 Å². The summed E-state index contributed by atoms with van der Waals surface area (Å²) in [5, 5.41) is 0. The molecule has 17 heavy (non-hydrogen) atoms. The van der Waals surface area contributed by atoms with Crippen molar-refractivity contribution in [3.05, 3.63) is 53.9 Å². The van der Waals surface area contributed by atoms with Gasteiger partial charge in [0.25, 0.3) is 0 Å². The van der Waals surface area contributed by atoms with E-state index in [-0.39, 0.29) is 16.7 Å². The van der Waals surface area contributed by atoms with E-state index in [2.05, 4.69) is 4.98 Å². The molecule has 0 aliphatic rings. The van der Waals surface area contributed by atoms with Crippen LogP contribution < -0.4 is 5.73 Å². The summed E-state index contributed by atoms with van der Waals surface area (Å²) in [4.78, 5) is 14.7. The van der Waals surface area contributed by atoms with E-state index in [1.165, 1.54) is 24.5 Å². The molecule has 0 fully saturated rings. The van der Waals surface area contributed by atoms with Gasteiger partial charge in [0.05, 0.1) is 11.1 Å². The molecule has 2 rings (SSSR count). The van der Waals surface area contributed by atoms with Gasteiger partial charge in [-0.15, -0.1) is 0 Å². The molecule has 2 N–H and O–H groups in total. The van der Waals surface area contributed by atoms with Gasteiger partial charge >= 0.3 is 0 Å². The minimum absolute atomic E-state index is 0.102. The maximum absolute atomic E-state index is 13.5. The molecule has 0 saturated heterocycles. The molecule has 1 heterocycles. The van der Waals surface area contributed by atoms with Gasteiger partial charge in [0.15, 0.2) is 0 Å². The Balaban J connectivity index is 2.61. The highest BCUT2D eigenvalue weighted by molar-refractivity contribution is 5.93. The second kappa shape index (κ2) is 4.29. The zero-order valence-electron chi connectivity index (χ0n) is 8.65. The summed E-state index contributed by atoms with van der Waals surface area (Å²) in [5.74, 6) is -2.13. The first kappa shape index (κ1) is 11.2. The second-order valence-corrected chi connectivity index (χ2v) is 3.42. The summed E-state index contributed by atoms with van der Waals surface area (Å²) in [6.07, 6.45) is 2.51. The lowest BCUT2D eigenvalue weighted by molar-refractivity contribution is 0.1000. The molecule has 1 amide bonds. The number of benzene rings is 1. The summed E-state index contributed by atoms with van der Waals surface area (Å²) in [6, 6.07) is 4.83. The average molecular weight is 234 g/mol. The quantitative estimate of drug-likeness (QED) is 0.865. The molecule has 0 aliphatic carbocycles. The van der Waals surface area contributed by atoms with Crippen molar-refractivity contribution >= 4 is 5.91 Å². The van der Waals surface area contributed by atoms with Gasteiger partial charge in [0, 0.05) is 18.0 Å². The van der Waals surface area contributed by atoms with Crippen molar-refractivity contribution in [3.8, 4) is 11.1 Å². The molecule has 0 saturated carbocycles. The van der Waals surface area contributed by atoms with Crippen molar-refractivity contribution in [2.24, 2.45) is 5.73 Å². The molecule has 2 aromatic rings. The number of hydrogen-bond acceptors (Lipinski definition) is 2. The van der Waals surface area contributed by atoms with E-state index in [9.17, 15) is 13.6 Å². The smallest absolute Gasteiger partial charge is 0.250 e. The standard InChI is InChI=1S/C12H8F2N2O/c13-9-2-1-3-10(14)11(9)7-4-8(12(15)17)6-16-5-7/h1-6H,(H2,15,17). The Bertz CT molecular complexity index is 564. The summed E-state index contributed by atoms with van der Waals surface area (Å²) >= 11 is 0. The zero-order valence-corrected chi connectivity index (χ0v) is 8.65. The molecule has 86 valence electrons. The zero-order chi connectivity index (χ0) is 12.4. The Labute approximate surface area is 95.9 Å². The van der Waals surface area contributed by atoms with Crippen molar-refractivity contribution in [1.29, 1.82) is 0 Å². The Morgan fingerprint density at radius 2 is 1.82 bits per heavy atom. The molecule has 0 unspecified atom stereocenters. The number of primary amides is 1. The highest BCUT2D eigenvalue weighted by Gasteiger charge is 2.12. The Hall–Kier alpha value is -2.30. The second-order valence-electron chi connectivity index (χ2n) is 3.42. The van der Waals surface area contributed by atoms with Crippen LogP contribution in [-0.4, -0.2) is 10.9 Å². The molecule has 1 aromatic heterocycles. The number of pyridine rings is 1. The predicted molar refractivity (Wildman–Crippen MR) is 58.1 cm³/mol. The lowest BCUT2D eigenvalue weighted by Gasteiger charge is -2.05. The normalized spacial score (nSPS) is 10.2. The van der Waals surface area contributed by atoms with Crippen molar-refractivity contribution in [1.82, 2.24) is 4.98 Å². The van der Waals surface area contributed by atoms with Gasteiger partial charge in [-0.2, -0.15) is 0 Å². The highest BCUT2D eigenvalue weighted by atomic mass is 19.1. The third-order valence-electron chi connectivity index (χ3n) is 2.27. The van der Waals surface area contributed by atoms with E-state index in [0.29, 0.717) is 0 Å². The van der Waals surface area contributed by atoms with Gasteiger partial charge in [0.1, 0.15) is 11.6 Å². The predicted octanol–water partition coefficient (Wildman–Crippen LogP) is 2.13. The number of amides is 1. The first-order chi connectivity index (χ1) is 8.09. The Kier molecular flexibility index (Phi) is 2.82. The number of carbonyl (C=O) groups excluding carboxylic acids is 1. The van der Waals surface area contributed by atoms with Gasteiger partial charge in [-0.1, -0.05) is 6.07 Å². The Morgan fingerprint density at radius 1 is 1.18 bits per heavy atom. The monoisotopic (exact) mass is 234 g/mol. The van der Waals surface area contributed by atoms with Crippen LogP contribution in [0.2, 0.25) is 0 Å². The number of nitrogens with two attached hydrogens (primary N) is 1. The van der Waals surface area contributed by atoms with Crippen LogP contribution in [0.3, 0.4) is 0 Å². The summed E-state index contributed by atoms with van der Waals surface area (Å²) in [7, 11) is 0. The number of halogens is 2. The van der Waals surface area contributed by atoms with Crippen LogP contribution in [0.5, 0.6) is 0 Å². The van der Waals surface area contributed by atoms with E-state index in [4.69, 9.17) is 5.73 Å². The number of nitrogens with zero attached hydrogens (tertiary/aromatic N) is 1. The first-order valence-electron chi connectivity index (χ1n) is 4.79. The van der Waals surface area contributed by atoms with Gasteiger partial charge in [-0.05, 0) is 18.2 Å². The maximum Gasteiger partial charge on any atom is 0.250 e. The number of aromatic nitrogens is 1. The summed E-state index contributed by atoms with van der Waals surface area (Å²) in [5.41, 5.74) is 5.13. The third-order valence-corrected chi connectivity index (χ3v) is 2.27. The van der Waals surface area contributed by atoms with Crippen molar-refractivity contribution < 1.29 is 13.6 Å². The fourth-order valence-corrected chi connectivity index (χ4v) is 1.49. The van der Waals surface area contributed by atoms with E-state index in [1.807, 2.05) is 0 Å². The van der Waals surface area contributed by atoms with E-state index in [1.54, 1.807) is 0 Å². The van der Waals surface area contributed by atoms with Gasteiger partial charge < -0.3 is 5.73 Å². The maximum atomic E-state index is 13.5. The fourth-order valence-electron chi connectivity index (χ4n) is 1.49. The molecular formula is C12H8F2N2O. The van der Waals surface area contributed by atoms with Gasteiger partial charge in [-0.25, -0.2) is 8.78 Å². The largest absolute Gasteiger partial charge is 0.366 e. The first-order valence-corrected chi connectivity index (χ1v) is 4.79. The molecule has 1 aromatic carbocycles. The lowest BCUT2D eigenvalue weighted by Crippen LogP contribution is -2.11. The van der Waals surface area contributed by atoms with Gasteiger partial charge in [-0.3, -0.25) is 9.78 Å². The van der Waals surface area contributed by atoms with E-state index < -0.39 is 17.5 Å². The molecule has 0 aliphatic heterocycles. The van der Waals surface area contributed by atoms with Crippen molar-refractivity contribution in [2.45, 2.75) is 0 Å². The van der Waals surface area contributed by atoms with Crippen molar-refractivity contribution in [3.63, 3.8) is 0 Å². The number of rotatable bonds is 2. The average Bonchev–Trinajstić information content (AvgIpc) is 2.29. The number of hydrogen-bond donors (Lipinski definition) is 1. The lowest BCUT2D eigenvalue weighted by atomic mass is 10.0. The minimum Gasteiger partial charge on any atom is -0.366 e. The van der Waals surface area contributed by atoms with Crippen LogP contribution in [0, 0.1) is 11.6 Å². The van der Waals surface area contributed by atoms with Crippen LogP contribution in [0.1, 0.15) is 10.4 Å². The number of carbonyl (C=O) groups is 1. The highest BCUT2D eigenvalue weighted by Crippen LogP contribution is 2.25. The van der Waals surface area contributed by atoms with Crippen LogP contribution in [0.25, 0.3) is 11.1 Å². The van der Waals surface area contributed by atoms with Crippen LogP contribution >= 0.6 is 0 Å². The fraction of sp³-hybridized carbons (Fsp3) is 0. The van der Waals surface area contributed by atoms with Crippen LogP contribution in [-0.2, 0) is 0 Å². The summed E-state index contributed by atoms with van der Waals surface area (Å²) < 4.78 is 27.0. The SMILES string of the molecule is NC(=O)c1cncc(-c2c(F)cccc2F)c1. The summed E-state index contributed by atoms with van der Waals surface area (Å²) in [6.45, 7) is 0. The Morgan fingerprint density at radius 3 is 2.41 bits per heavy atom. The molecule has 0 spiro atoms. The molecule has 3 nitrogen and oxygen atoms in total. The van der Waals surface area contributed by atoms with E-state index >= 15 is 0 Å². The molecule has 0 bridgehead atoms. The molecular weight excluding hydrogens is 226 g/mol. The topological polar surface area (TPSA) is 56.0 Å².